The van der Waals surface area contributed by atoms with Crippen LogP contribution in [0.5, 0.6) is 0 Å². The summed E-state index contributed by atoms with van der Waals surface area (Å²) in [6.07, 6.45) is 6.99. The van der Waals surface area contributed by atoms with Crippen LogP contribution in [-0.4, -0.2) is 28.5 Å². The highest BCUT2D eigenvalue weighted by Crippen LogP contribution is 2.22. The second-order valence-corrected chi connectivity index (χ2v) is 6.56. The Hall–Kier alpha value is -1.95. The lowest BCUT2D eigenvalue weighted by Crippen LogP contribution is -2.21. The number of hydrogen-bond acceptors (Lipinski definition) is 5. The molecule has 3 heterocycles. The number of hydrogen-bond donors (Lipinski definition) is 0. The fourth-order valence-corrected chi connectivity index (χ4v) is 3.47. The number of furan rings is 1. The fraction of sp³-hybridized carbons (Fsp3) is 0.611. The van der Waals surface area contributed by atoms with Crippen molar-refractivity contribution in [2.75, 3.05) is 13.2 Å². The highest BCUT2D eigenvalue weighted by atomic mass is 16.5. The summed E-state index contributed by atoms with van der Waals surface area (Å²) in [5.41, 5.74) is 0.424. The van der Waals surface area contributed by atoms with Gasteiger partial charge in [0, 0.05) is 19.8 Å². The van der Waals surface area contributed by atoms with Crippen molar-refractivity contribution in [1.29, 1.82) is 0 Å². The number of aryl methyl sites for hydroxylation is 2. The van der Waals surface area contributed by atoms with Crippen LogP contribution in [-0.2, 0) is 11.3 Å². The van der Waals surface area contributed by atoms with Crippen molar-refractivity contribution in [2.45, 2.75) is 52.5 Å². The van der Waals surface area contributed by atoms with Crippen LogP contribution in [0.4, 0.5) is 0 Å². The Balaban J connectivity index is 1.68. The molecule has 2 aromatic rings. The Morgan fingerprint density at radius 1 is 1.33 bits per heavy atom. The van der Waals surface area contributed by atoms with Crippen molar-refractivity contribution < 1.29 is 13.9 Å². The van der Waals surface area contributed by atoms with Gasteiger partial charge in [0.2, 0.25) is 5.71 Å². The molecule has 24 heavy (non-hydrogen) atoms. The third-order valence-corrected chi connectivity index (χ3v) is 4.81. The Bertz CT molecular complexity index is 784. The topological polar surface area (TPSA) is 74.3 Å². The third kappa shape index (κ3) is 3.43. The lowest BCUT2D eigenvalue weighted by Gasteiger charge is -2.21. The number of ether oxygens (including phenoxy) is 1. The van der Waals surface area contributed by atoms with E-state index in [-0.39, 0.29) is 17.1 Å². The minimum absolute atomic E-state index is 0.164. The molecule has 0 spiro atoms. The van der Waals surface area contributed by atoms with Gasteiger partial charge in [0.15, 0.2) is 5.78 Å². The van der Waals surface area contributed by atoms with Gasteiger partial charge in [-0.2, -0.15) is 0 Å². The van der Waals surface area contributed by atoms with Crippen LogP contribution < -0.4 is 5.56 Å². The molecule has 0 atom stereocenters. The summed E-state index contributed by atoms with van der Waals surface area (Å²) in [6, 6.07) is 0. The van der Waals surface area contributed by atoms with E-state index in [9.17, 15) is 9.59 Å². The smallest absolute Gasteiger partial charge is 0.265 e. The number of rotatable bonds is 6. The maximum absolute atomic E-state index is 12.7. The minimum atomic E-state index is -0.187. The molecule has 0 unspecified atom stereocenters. The van der Waals surface area contributed by atoms with E-state index in [0.717, 1.165) is 44.8 Å². The van der Waals surface area contributed by atoms with Gasteiger partial charge in [0.05, 0.1) is 5.56 Å². The Morgan fingerprint density at radius 3 is 2.79 bits per heavy atom. The van der Waals surface area contributed by atoms with Crippen LogP contribution in [0.2, 0.25) is 0 Å². The summed E-state index contributed by atoms with van der Waals surface area (Å²) in [7, 11) is 0. The molecule has 0 aromatic carbocycles. The van der Waals surface area contributed by atoms with Crippen molar-refractivity contribution in [3.8, 4) is 0 Å². The summed E-state index contributed by atoms with van der Waals surface area (Å²) in [6.45, 7) is 5.50. The zero-order valence-corrected chi connectivity index (χ0v) is 14.3. The fourth-order valence-electron chi connectivity index (χ4n) is 3.47. The summed E-state index contributed by atoms with van der Waals surface area (Å²) < 4.78 is 12.4. The Morgan fingerprint density at radius 2 is 2.08 bits per heavy atom. The Kier molecular flexibility index (Phi) is 5.14. The van der Waals surface area contributed by atoms with Gasteiger partial charge in [0.1, 0.15) is 17.5 Å². The summed E-state index contributed by atoms with van der Waals surface area (Å²) in [5, 5.41) is 0.312. The lowest BCUT2D eigenvalue weighted by atomic mass is 9.94. The van der Waals surface area contributed by atoms with Crippen LogP contribution >= 0.6 is 0 Å². The van der Waals surface area contributed by atoms with Gasteiger partial charge in [-0.15, -0.1) is 0 Å². The number of nitrogens with zero attached hydrogens (tertiary/aromatic N) is 2. The number of unbranched alkanes of at least 4 members (excludes halogenated alkanes) is 1. The number of ketones is 1. The molecule has 1 fully saturated rings. The van der Waals surface area contributed by atoms with E-state index in [1.165, 1.54) is 19.7 Å². The summed E-state index contributed by atoms with van der Waals surface area (Å²) in [5.74, 6) is 1.04. The number of fused-ring (bicyclic) bond motifs is 1. The van der Waals surface area contributed by atoms with Gasteiger partial charge in [-0.25, -0.2) is 4.98 Å². The van der Waals surface area contributed by atoms with Gasteiger partial charge in [-0.3, -0.25) is 14.2 Å². The largest absolute Gasteiger partial charge is 0.442 e. The first kappa shape index (κ1) is 16.9. The van der Waals surface area contributed by atoms with Crippen LogP contribution in [0.15, 0.2) is 15.5 Å². The highest BCUT2D eigenvalue weighted by molar-refractivity contribution is 6.06. The second-order valence-electron chi connectivity index (χ2n) is 6.56. The minimum Gasteiger partial charge on any atom is -0.442 e. The second kappa shape index (κ2) is 7.30. The van der Waals surface area contributed by atoms with Crippen molar-refractivity contribution in [3.63, 3.8) is 0 Å². The zero-order chi connectivity index (χ0) is 17.1. The molecule has 0 N–H and O–H groups in total. The molecular formula is C18H24N2O4. The quantitative estimate of drug-likeness (QED) is 0.600. The molecule has 6 nitrogen and oxygen atoms in total. The molecule has 1 aliphatic rings. The average Bonchev–Trinajstić information content (AvgIpc) is 2.91. The average molecular weight is 332 g/mol. The highest BCUT2D eigenvalue weighted by Gasteiger charge is 2.20. The number of aromatic nitrogens is 2. The molecule has 0 bridgehead atoms. The van der Waals surface area contributed by atoms with Gasteiger partial charge < -0.3 is 9.15 Å². The van der Waals surface area contributed by atoms with E-state index in [1.807, 2.05) is 0 Å². The van der Waals surface area contributed by atoms with E-state index in [2.05, 4.69) is 4.98 Å². The molecule has 0 aliphatic carbocycles. The third-order valence-electron chi connectivity index (χ3n) is 4.81. The van der Waals surface area contributed by atoms with Gasteiger partial charge in [0.25, 0.3) is 5.56 Å². The molecule has 0 radical (unpaired) electrons. The molecule has 1 aliphatic heterocycles. The molecule has 1 saturated heterocycles. The van der Waals surface area contributed by atoms with Crippen LogP contribution in [0, 0.1) is 12.8 Å². The lowest BCUT2D eigenvalue weighted by molar-refractivity contribution is 0.0630. The van der Waals surface area contributed by atoms with Crippen molar-refractivity contribution in [1.82, 2.24) is 9.55 Å². The number of carbonyl (C=O) groups excluding carboxylic acids is 1. The van der Waals surface area contributed by atoms with Crippen molar-refractivity contribution in [2.24, 2.45) is 5.92 Å². The first-order valence-electron chi connectivity index (χ1n) is 8.65. The number of carbonyl (C=O) groups is 1. The maximum Gasteiger partial charge on any atom is 0.265 e. The van der Waals surface area contributed by atoms with Gasteiger partial charge in [-0.05, 0) is 39.0 Å². The summed E-state index contributed by atoms with van der Waals surface area (Å²) in [4.78, 5) is 28.7. The molecule has 6 heteroatoms. The van der Waals surface area contributed by atoms with E-state index in [1.54, 1.807) is 11.5 Å². The van der Waals surface area contributed by atoms with E-state index in [4.69, 9.17) is 9.15 Å². The van der Waals surface area contributed by atoms with Crippen LogP contribution in [0.3, 0.4) is 0 Å². The maximum atomic E-state index is 12.7. The molecule has 130 valence electrons. The predicted octanol–water partition coefficient (Wildman–Crippen LogP) is 3.10. The van der Waals surface area contributed by atoms with Crippen molar-refractivity contribution >= 4 is 16.9 Å². The van der Waals surface area contributed by atoms with Crippen LogP contribution in [0.25, 0.3) is 11.1 Å². The van der Waals surface area contributed by atoms with E-state index >= 15 is 0 Å². The molecule has 2 aromatic heterocycles. The normalized spacial score (nSPS) is 15.9. The Labute approximate surface area is 140 Å². The van der Waals surface area contributed by atoms with Gasteiger partial charge >= 0.3 is 0 Å². The molecule has 0 saturated carbocycles. The predicted molar refractivity (Wildman–Crippen MR) is 90.4 cm³/mol. The molecule has 3 rings (SSSR count). The zero-order valence-electron chi connectivity index (χ0n) is 14.3. The number of Topliss-reactive ketones (excluding diaryl/α,β-unsaturated/α-hetero) is 1. The molecular weight excluding hydrogens is 308 g/mol. The molecule has 0 amide bonds. The van der Waals surface area contributed by atoms with Gasteiger partial charge in [-0.1, -0.05) is 12.8 Å². The summed E-state index contributed by atoms with van der Waals surface area (Å²) >= 11 is 0. The first-order chi connectivity index (χ1) is 11.6. The van der Waals surface area contributed by atoms with Crippen molar-refractivity contribution in [3.05, 3.63) is 28.0 Å². The van der Waals surface area contributed by atoms with Crippen LogP contribution in [0.1, 0.15) is 55.1 Å². The standard InChI is InChI=1S/C18H24N2O4/c1-12(21)15-13(2)24-17-16(15)18(22)20(11-19-17)8-4-3-5-14-6-9-23-10-7-14/h11,14H,3-10H2,1-2H3. The monoisotopic (exact) mass is 332 g/mol. The SMILES string of the molecule is CC(=O)c1c(C)oc2ncn(CCCCC3CCOCC3)c(=O)c12. The first-order valence-corrected chi connectivity index (χ1v) is 8.65. The van der Waals surface area contributed by atoms with E-state index < -0.39 is 0 Å². The van der Waals surface area contributed by atoms with E-state index in [0.29, 0.717) is 23.3 Å².